The van der Waals surface area contributed by atoms with Crippen molar-refractivity contribution in [3.8, 4) is 22.9 Å². The largest absolute Gasteiger partial charge is 0.506 e. The van der Waals surface area contributed by atoms with Gasteiger partial charge in [-0.15, -0.1) is 0 Å². The number of hydrogen-bond donors (Lipinski definition) is 1. The maximum absolute atomic E-state index is 11.0. The molecular formula is C19H13N3O3. The molecule has 0 spiro atoms. The van der Waals surface area contributed by atoms with E-state index in [4.69, 9.17) is 0 Å². The van der Waals surface area contributed by atoms with Gasteiger partial charge in [-0.25, -0.2) is 0 Å². The van der Waals surface area contributed by atoms with E-state index in [1.165, 1.54) is 12.1 Å². The van der Waals surface area contributed by atoms with Crippen molar-refractivity contribution in [1.82, 2.24) is 4.98 Å². The third-order valence-corrected chi connectivity index (χ3v) is 3.82. The molecule has 0 aliphatic heterocycles. The first-order valence-corrected chi connectivity index (χ1v) is 7.48. The SMILES string of the molecule is N#Cc1cc(Cc2ccncc2)cc(-c2cccc([N+](=O)[O-])c2)c1O. The molecule has 0 aliphatic rings. The highest BCUT2D eigenvalue weighted by Gasteiger charge is 2.15. The number of benzene rings is 2. The van der Waals surface area contributed by atoms with Gasteiger partial charge in [0.2, 0.25) is 0 Å². The number of nitriles is 1. The number of phenolic OH excluding ortho intramolecular Hbond substituents is 1. The zero-order valence-corrected chi connectivity index (χ0v) is 13.1. The van der Waals surface area contributed by atoms with Gasteiger partial charge in [0, 0.05) is 30.1 Å². The quantitative estimate of drug-likeness (QED) is 0.578. The first kappa shape index (κ1) is 16.1. The second-order valence-corrected chi connectivity index (χ2v) is 5.49. The van der Waals surface area contributed by atoms with Crippen molar-refractivity contribution in [3.05, 3.63) is 87.7 Å². The van der Waals surface area contributed by atoms with E-state index in [1.807, 2.05) is 18.2 Å². The van der Waals surface area contributed by atoms with Crippen LogP contribution in [-0.4, -0.2) is 15.0 Å². The summed E-state index contributed by atoms with van der Waals surface area (Å²) in [5, 5.41) is 30.6. The number of nitrogens with zero attached hydrogens (tertiary/aromatic N) is 3. The molecule has 0 saturated heterocycles. The van der Waals surface area contributed by atoms with Gasteiger partial charge >= 0.3 is 0 Å². The Labute approximate surface area is 143 Å². The molecule has 25 heavy (non-hydrogen) atoms. The fraction of sp³-hybridized carbons (Fsp3) is 0.0526. The van der Waals surface area contributed by atoms with Crippen LogP contribution in [0.1, 0.15) is 16.7 Å². The van der Waals surface area contributed by atoms with Gasteiger partial charge < -0.3 is 5.11 Å². The molecular weight excluding hydrogens is 318 g/mol. The normalized spacial score (nSPS) is 10.2. The highest BCUT2D eigenvalue weighted by molar-refractivity contribution is 5.75. The number of nitro benzene ring substituents is 1. The maximum Gasteiger partial charge on any atom is 0.270 e. The Bertz CT molecular complexity index is 979. The summed E-state index contributed by atoms with van der Waals surface area (Å²) < 4.78 is 0. The predicted molar refractivity (Wildman–Crippen MR) is 92.0 cm³/mol. The third kappa shape index (κ3) is 3.46. The molecule has 1 N–H and O–H groups in total. The van der Waals surface area contributed by atoms with E-state index in [9.17, 15) is 20.5 Å². The van der Waals surface area contributed by atoms with Crippen molar-refractivity contribution in [2.75, 3.05) is 0 Å². The number of aromatic hydroxyl groups is 1. The van der Waals surface area contributed by atoms with E-state index in [-0.39, 0.29) is 17.0 Å². The van der Waals surface area contributed by atoms with Gasteiger partial charge in [-0.1, -0.05) is 12.1 Å². The van der Waals surface area contributed by atoms with Crippen LogP contribution >= 0.6 is 0 Å². The van der Waals surface area contributed by atoms with Crippen LogP contribution in [-0.2, 0) is 6.42 Å². The highest BCUT2D eigenvalue weighted by atomic mass is 16.6. The van der Waals surface area contributed by atoms with Crippen LogP contribution in [0.2, 0.25) is 0 Å². The third-order valence-electron chi connectivity index (χ3n) is 3.82. The van der Waals surface area contributed by atoms with Crippen molar-refractivity contribution >= 4 is 5.69 Å². The van der Waals surface area contributed by atoms with Crippen LogP contribution in [0.3, 0.4) is 0 Å². The standard InChI is InChI=1S/C19H13N3O3/c20-12-16-9-14(8-13-4-6-21-7-5-13)10-18(19(16)23)15-2-1-3-17(11-15)22(24)25/h1-7,9-11,23H,8H2. The Kier molecular flexibility index (Phi) is 4.40. The smallest absolute Gasteiger partial charge is 0.270 e. The van der Waals surface area contributed by atoms with Gasteiger partial charge in [-0.2, -0.15) is 5.26 Å². The molecule has 0 amide bonds. The van der Waals surface area contributed by atoms with Gasteiger partial charge in [-0.3, -0.25) is 15.1 Å². The highest BCUT2D eigenvalue weighted by Crippen LogP contribution is 2.35. The first-order chi connectivity index (χ1) is 12.1. The molecule has 3 rings (SSSR count). The molecule has 0 unspecified atom stereocenters. The molecule has 0 atom stereocenters. The molecule has 6 nitrogen and oxygen atoms in total. The van der Waals surface area contributed by atoms with E-state index in [0.29, 0.717) is 17.5 Å². The average Bonchev–Trinajstić information content (AvgIpc) is 2.64. The lowest BCUT2D eigenvalue weighted by molar-refractivity contribution is -0.384. The van der Waals surface area contributed by atoms with Gasteiger partial charge in [0.25, 0.3) is 5.69 Å². The molecule has 0 fully saturated rings. The molecule has 2 aromatic carbocycles. The number of rotatable bonds is 4. The van der Waals surface area contributed by atoms with Crippen LogP contribution in [0.4, 0.5) is 5.69 Å². The Morgan fingerprint density at radius 1 is 1.12 bits per heavy atom. The second-order valence-electron chi connectivity index (χ2n) is 5.49. The molecule has 0 radical (unpaired) electrons. The van der Waals surface area contributed by atoms with Crippen molar-refractivity contribution < 1.29 is 10.0 Å². The van der Waals surface area contributed by atoms with Crippen molar-refractivity contribution in [2.45, 2.75) is 6.42 Å². The summed E-state index contributed by atoms with van der Waals surface area (Å²) in [7, 11) is 0. The fourth-order valence-corrected chi connectivity index (χ4v) is 2.62. The Hall–Kier alpha value is -3.72. The predicted octanol–water partition coefficient (Wildman–Crippen LogP) is 3.82. The lowest BCUT2D eigenvalue weighted by Crippen LogP contribution is -1.94. The minimum absolute atomic E-state index is 0.0741. The number of nitro groups is 1. The zero-order valence-electron chi connectivity index (χ0n) is 13.1. The minimum Gasteiger partial charge on any atom is -0.506 e. The molecule has 122 valence electrons. The lowest BCUT2D eigenvalue weighted by Gasteiger charge is -2.10. The summed E-state index contributed by atoms with van der Waals surface area (Å²) in [5.41, 5.74) is 2.77. The average molecular weight is 331 g/mol. The van der Waals surface area contributed by atoms with E-state index in [0.717, 1.165) is 11.1 Å². The van der Waals surface area contributed by atoms with E-state index >= 15 is 0 Å². The summed E-state index contributed by atoms with van der Waals surface area (Å²) in [6, 6.07) is 15.1. The molecule has 3 aromatic rings. The number of phenols is 1. The van der Waals surface area contributed by atoms with Crippen LogP contribution in [0.25, 0.3) is 11.1 Å². The Balaban J connectivity index is 2.10. The van der Waals surface area contributed by atoms with Crippen LogP contribution < -0.4 is 0 Å². The first-order valence-electron chi connectivity index (χ1n) is 7.48. The van der Waals surface area contributed by atoms with Crippen molar-refractivity contribution in [2.24, 2.45) is 0 Å². The van der Waals surface area contributed by atoms with E-state index < -0.39 is 4.92 Å². The summed E-state index contributed by atoms with van der Waals surface area (Å²) in [6.07, 6.45) is 3.92. The molecule has 1 heterocycles. The van der Waals surface area contributed by atoms with Crippen molar-refractivity contribution in [1.29, 1.82) is 5.26 Å². The number of non-ortho nitro benzene ring substituents is 1. The van der Waals surface area contributed by atoms with Gasteiger partial charge in [-0.05, 0) is 47.4 Å². The zero-order chi connectivity index (χ0) is 17.8. The number of hydrogen-bond acceptors (Lipinski definition) is 5. The van der Waals surface area contributed by atoms with Gasteiger partial charge in [0.1, 0.15) is 11.8 Å². The molecule has 0 bridgehead atoms. The van der Waals surface area contributed by atoms with Crippen LogP contribution in [0, 0.1) is 21.4 Å². The summed E-state index contributed by atoms with van der Waals surface area (Å²) in [4.78, 5) is 14.5. The van der Waals surface area contributed by atoms with Gasteiger partial charge in [0.05, 0.1) is 10.5 Å². The lowest BCUT2D eigenvalue weighted by atomic mass is 9.95. The molecule has 1 aromatic heterocycles. The molecule has 0 aliphatic carbocycles. The second kappa shape index (κ2) is 6.81. The van der Waals surface area contributed by atoms with Gasteiger partial charge in [0.15, 0.2) is 0 Å². The number of pyridine rings is 1. The maximum atomic E-state index is 11.0. The summed E-state index contributed by atoms with van der Waals surface area (Å²) >= 11 is 0. The summed E-state index contributed by atoms with van der Waals surface area (Å²) in [6.45, 7) is 0. The van der Waals surface area contributed by atoms with Crippen molar-refractivity contribution in [3.63, 3.8) is 0 Å². The fourth-order valence-electron chi connectivity index (χ4n) is 2.62. The van der Waals surface area contributed by atoms with Crippen LogP contribution in [0.5, 0.6) is 5.75 Å². The van der Waals surface area contributed by atoms with E-state index in [2.05, 4.69) is 4.98 Å². The monoisotopic (exact) mass is 331 g/mol. The molecule has 0 saturated carbocycles. The van der Waals surface area contributed by atoms with E-state index in [1.54, 1.807) is 36.7 Å². The minimum atomic E-state index is -0.493. The van der Waals surface area contributed by atoms with Crippen LogP contribution in [0.15, 0.2) is 60.9 Å². The Morgan fingerprint density at radius 3 is 2.56 bits per heavy atom. The summed E-state index contributed by atoms with van der Waals surface area (Å²) in [5.74, 6) is -0.179. The number of aromatic nitrogens is 1. The Morgan fingerprint density at radius 2 is 1.88 bits per heavy atom. The topological polar surface area (TPSA) is 100 Å². The molecule has 6 heteroatoms.